The summed E-state index contributed by atoms with van der Waals surface area (Å²) in [4.78, 5) is 11.3. The molecule has 1 amide bonds. The summed E-state index contributed by atoms with van der Waals surface area (Å²) >= 11 is 1.65. The second kappa shape index (κ2) is 6.56. The molecule has 1 rings (SSSR count). The highest BCUT2D eigenvalue weighted by Gasteiger charge is 2.00. The molecule has 0 atom stereocenters. The van der Waals surface area contributed by atoms with Crippen LogP contribution in [0.25, 0.3) is 0 Å². The third-order valence-electron chi connectivity index (χ3n) is 1.90. The van der Waals surface area contributed by atoms with E-state index >= 15 is 0 Å². The number of rotatable bonds is 6. The largest absolute Gasteiger partial charge is 0.352 e. The molecule has 0 aromatic carbocycles. The van der Waals surface area contributed by atoms with E-state index in [-0.39, 0.29) is 5.91 Å². The summed E-state index contributed by atoms with van der Waals surface area (Å²) in [6, 6.07) is 2.03. The number of hydrogen-bond donors (Lipinski definition) is 2. The van der Waals surface area contributed by atoms with Gasteiger partial charge in [0.25, 0.3) is 0 Å². The van der Waals surface area contributed by atoms with Crippen LogP contribution in [0.5, 0.6) is 0 Å². The van der Waals surface area contributed by atoms with Crippen LogP contribution in [0.15, 0.2) is 16.8 Å². The Bertz CT molecular complexity index is 259. The van der Waals surface area contributed by atoms with Crippen molar-refractivity contribution >= 4 is 17.2 Å². The van der Waals surface area contributed by atoms with Crippen molar-refractivity contribution in [1.82, 2.24) is 10.6 Å². The van der Waals surface area contributed by atoms with Gasteiger partial charge in [0.05, 0.1) is 0 Å². The van der Waals surface area contributed by atoms with Crippen LogP contribution in [0.4, 0.5) is 0 Å². The molecule has 1 aromatic heterocycles. The Kier molecular flexibility index (Phi) is 5.25. The molecule has 1 heterocycles. The second-order valence-corrected chi connectivity index (χ2v) is 3.90. The van der Waals surface area contributed by atoms with Crippen LogP contribution >= 0.6 is 11.3 Å². The third-order valence-corrected chi connectivity index (χ3v) is 2.63. The molecule has 78 valence electrons. The molecule has 0 spiro atoms. The van der Waals surface area contributed by atoms with Crippen LogP contribution in [-0.2, 0) is 11.3 Å². The molecule has 4 heteroatoms. The van der Waals surface area contributed by atoms with Gasteiger partial charge in [-0.15, -0.1) is 0 Å². The number of hydrogen-bond acceptors (Lipinski definition) is 3. The third kappa shape index (κ3) is 4.39. The lowest BCUT2D eigenvalue weighted by Crippen LogP contribution is -2.23. The molecule has 2 N–H and O–H groups in total. The Labute approximate surface area is 88.5 Å². The van der Waals surface area contributed by atoms with Gasteiger partial charge in [0.1, 0.15) is 0 Å². The highest BCUT2D eigenvalue weighted by Crippen LogP contribution is 2.04. The molecule has 0 saturated heterocycles. The minimum Gasteiger partial charge on any atom is -0.352 e. The van der Waals surface area contributed by atoms with Crippen molar-refractivity contribution in [3.8, 4) is 0 Å². The molecule has 0 saturated carbocycles. The van der Waals surface area contributed by atoms with Gasteiger partial charge in [-0.2, -0.15) is 11.3 Å². The van der Waals surface area contributed by atoms with E-state index < -0.39 is 0 Å². The number of carbonyl (C=O) groups excluding carboxylic acids is 1. The van der Waals surface area contributed by atoms with Gasteiger partial charge in [0.2, 0.25) is 5.91 Å². The van der Waals surface area contributed by atoms with Gasteiger partial charge in [-0.1, -0.05) is 0 Å². The minimum absolute atomic E-state index is 0.131. The van der Waals surface area contributed by atoms with Crippen molar-refractivity contribution in [3.63, 3.8) is 0 Å². The van der Waals surface area contributed by atoms with E-state index in [0.29, 0.717) is 13.0 Å². The maximum absolute atomic E-state index is 11.3. The number of nitrogens with one attached hydrogen (secondary N) is 2. The van der Waals surface area contributed by atoms with Crippen molar-refractivity contribution in [3.05, 3.63) is 22.4 Å². The first kappa shape index (κ1) is 11.2. The molecular formula is C10H16N2OS. The summed E-state index contributed by atoms with van der Waals surface area (Å²) in [5.74, 6) is 0.131. The molecule has 0 fully saturated rings. The summed E-state index contributed by atoms with van der Waals surface area (Å²) < 4.78 is 0. The van der Waals surface area contributed by atoms with Crippen molar-refractivity contribution in [2.45, 2.75) is 19.4 Å². The van der Waals surface area contributed by atoms with Crippen LogP contribution < -0.4 is 10.6 Å². The molecule has 0 bridgehead atoms. The Balaban J connectivity index is 2.09. The summed E-state index contributed by atoms with van der Waals surface area (Å²) in [6.07, 6.45) is 1.50. The topological polar surface area (TPSA) is 41.1 Å². The summed E-state index contributed by atoms with van der Waals surface area (Å²) in [7, 11) is 1.89. The Morgan fingerprint density at radius 3 is 3.07 bits per heavy atom. The number of amides is 1. The SMILES string of the molecule is CNCCCC(=O)NCc1ccsc1. The second-order valence-electron chi connectivity index (χ2n) is 3.12. The summed E-state index contributed by atoms with van der Waals surface area (Å²) in [6.45, 7) is 1.55. The Hall–Kier alpha value is -0.870. The maximum atomic E-state index is 11.3. The van der Waals surface area contributed by atoms with Gasteiger partial charge in [0, 0.05) is 13.0 Å². The predicted octanol–water partition coefficient (Wildman–Crippen LogP) is 1.36. The van der Waals surface area contributed by atoms with E-state index in [1.807, 2.05) is 23.9 Å². The van der Waals surface area contributed by atoms with Crippen LogP contribution in [0.3, 0.4) is 0 Å². The van der Waals surface area contributed by atoms with E-state index in [4.69, 9.17) is 0 Å². The zero-order valence-corrected chi connectivity index (χ0v) is 9.19. The van der Waals surface area contributed by atoms with Gasteiger partial charge in [-0.05, 0) is 42.4 Å². The number of thiophene rings is 1. The van der Waals surface area contributed by atoms with E-state index in [0.717, 1.165) is 13.0 Å². The van der Waals surface area contributed by atoms with Crippen LogP contribution in [0.1, 0.15) is 18.4 Å². The van der Waals surface area contributed by atoms with E-state index in [9.17, 15) is 4.79 Å². The molecule has 0 aliphatic carbocycles. The van der Waals surface area contributed by atoms with Crippen LogP contribution in [0, 0.1) is 0 Å². The summed E-state index contributed by atoms with van der Waals surface area (Å²) in [5, 5.41) is 9.96. The maximum Gasteiger partial charge on any atom is 0.220 e. The average molecular weight is 212 g/mol. The molecule has 0 aliphatic heterocycles. The fourth-order valence-corrected chi connectivity index (χ4v) is 1.78. The van der Waals surface area contributed by atoms with E-state index in [1.165, 1.54) is 5.56 Å². The monoisotopic (exact) mass is 212 g/mol. The Morgan fingerprint density at radius 2 is 2.43 bits per heavy atom. The molecule has 0 radical (unpaired) electrons. The number of carbonyl (C=O) groups is 1. The molecule has 1 aromatic rings. The molecule has 3 nitrogen and oxygen atoms in total. The normalized spacial score (nSPS) is 10.1. The fraction of sp³-hybridized carbons (Fsp3) is 0.500. The molecule has 0 unspecified atom stereocenters. The first-order chi connectivity index (χ1) is 6.83. The van der Waals surface area contributed by atoms with E-state index in [1.54, 1.807) is 11.3 Å². The average Bonchev–Trinajstić information content (AvgIpc) is 2.68. The first-order valence-electron chi connectivity index (χ1n) is 4.75. The lowest BCUT2D eigenvalue weighted by molar-refractivity contribution is -0.121. The van der Waals surface area contributed by atoms with Gasteiger partial charge >= 0.3 is 0 Å². The van der Waals surface area contributed by atoms with Gasteiger partial charge in [0.15, 0.2) is 0 Å². The standard InChI is InChI=1S/C10H16N2OS/c1-11-5-2-3-10(13)12-7-9-4-6-14-8-9/h4,6,8,11H,2-3,5,7H2,1H3,(H,12,13). The predicted molar refractivity (Wildman–Crippen MR) is 59.3 cm³/mol. The minimum atomic E-state index is 0.131. The van der Waals surface area contributed by atoms with Gasteiger partial charge < -0.3 is 10.6 Å². The van der Waals surface area contributed by atoms with E-state index in [2.05, 4.69) is 10.6 Å². The van der Waals surface area contributed by atoms with Crippen molar-refractivity contribution in [2.24, 2.45) is 0 Å². The highest BCUT2D eigenvalue weighted by atomic mass is 32.1. The van der Waals surface area contributed by atoms with Crippen LogP contribution in [-0.4, -0.2) is 19.5 Å². The van der Waals surface area contributed by atoms with Gasteiger partial charge in [-0.3, -0.25) is 4.79 Å². The summed E-state index contributed by atoms with van der Waals surface area (Å²) in [5.41, 5.74) is 1.18. The lowest BCUT2D eigenvalue weighted by atomic mass is 10.3. The van der Waals surface area contributed by atoms with Crippen molar-refractivity contribution in [1.29, 1.82) is 0 Å². The fourth-order valence-electron chi connectivity index (χ4n) is 1.11. The zero-order chi connectivity index (χ0) is 10.2. The smallest absolute Gasteiger partial charge is 0.220 e. The highest BCUT2D eigenvalue weighted by molar-refractivity contribution is 7.07. The zero-order valence-electron chi connectivity index (χ0n) is 8.38. The quantitative estimate of drug-likeness (QED) is 0.699. The van der Waals surface area contributed by atoms with Crippen molar-refractivity contribution < 1.29 is 4.79 Å². The van der Waals surface area contributed by atoms with Crippen LogP contribution in [0.2, 0.25) is 0 Å². The Morgan fingerprint density at radius 1 is 1.57 bits per heavy atom. The molecular weight excluding hydrogens is 196 g/mol. The molecule has 14 heavy (non-hydrogen) atoms. The molecule has 0 aliphatic rings. The lowest BCUT2D eigenvalue weighted by Gasteiger charge is -2.03. The van der Waals surface area contributed by atoms with Crippen molar-refractivity contribution in [2.75, 3.05) is 13.6 Å². The first-order valence-corrected chi connectivity index (χ1v) is 5.69. The van der Waals surface area contributed by atoms with Gasteiger partial charge in [-0.25, -0.2) is 0 Å².